The van der Waals surface area contributed by atoms with Gasteiger partial charge in [0, 0.05) is 43.9 Å². The van der Waals surface area contributed by atoms with Crippen LogP contribution in [-0.2, 0) is 9.59 Å². The number of rotatable bonds is 3. The maximum atomic E-state index is 13.3. The summed E-state index contributed by atoms with van der Waals surface area (Å²) in [5.41, 5.74) is -0.0365. The number of carbonyl (C=O) groups excluding carboxylic acids is 2. The normalized spacial score (nSPS) is 45.2. The van der Waals surface area contributed by atoms with E-state index >= 15 is 0 Å². The zero-order valence-electron chi connectivity index (χ0n) is 19.5. The van der Waals surface area contributed by atoms with Gasteiger partial charge in [0.2, 0.25) is 11.8 Å². The Bertz CT molecular complexity index is 756. The third-order valence-corrected chi connectivity index (χ3v) is 10.2. The summed E-state index contributed by atoms with van der Waals surface area (Å²) >= 11 is 0. The van der Waals surface area contributed by atoms with E-state index in [2.05, 4.69) is 33.8 Å². The molecule has 166 valence electrons. The number of likely N-dealkylation sites (tertiary alicyclic amines) is 1. The van der Waals surface area contributed by atoms with E-state index in [0.717, 1.165) is 51.6 Å². The lowest BCUT2D eigenvalue weighted by Crippen LogP contribution is -2.64. The largest absolute Gasteiger partial charge is 0.343 e. The Balaban J connectivity index is 1.64. The first-order valence-corrected chi connectivity index (χ1v) is 12.2. The number of fused-ring (bicyclic) bond motifs is 5. The molecule has 0 N–H and O–H groups in total. The topological polar surface area (TPSA) is 64.4 Å². The van der Waals surface area contributed by atoms with Crippen LogP contribution in [0.1, 0.15) is 72.6 Å². The SMILES string of the molecule is CCN(CC)C(=O)[C@H]1CC[C@H]2[C@@H]3CC[C@H]4N(C)C(=O)C[C@H](C#N)[C@]4(C)[C@H]3CC[C@]12C. The van der Waals surface area contributed by atoms with Crippen LogP contribution in [-0.4, -0.2) is 47.8 Å². The average Bonchev–Trinajstić information content (AvgIpc) is 3.08. The third-order valence-electron chi connectivity index (χ3n) is 10.2. The minimum Gasteiger partial charge on any atom is -0.343 e. The van der Waals surface area contributed by atoms with Crippen LogP contribution in [0.15, 0.2) is 0 Å². The van der Waals surface area contributed by atoms with Gasteiger partial charge in [-0.2, -0.15) is 5.26 Å². The van der Waals surface area contributed by atoms with E-state index in [1.165, 1.54) is 0 Å². The molecule has 3 aliphatic carbocycles. The van der Waals surface area contributed by atoms with E-state index in [9.17, 15) is 14.9 Å². The van der Waals surface area contributed by atoms with E-state index < -0.39 is 0 Å². The molecule has 0 spiro atoms. The molecule has 4 rings (SSSR count). The summed E-state index contributed by atoms with van der Waals surface area (Å²) in [4.78, 5) is 29.8. The molecular weight excluding hydrogens is 374 g/mol. The Kier molecular flexibility index (Phi) is 5.44. The molecule has 4 fully saturated rings. The lowest BCUT2D eigenvalue weighted by Gasteiger charge is -2.63. The van der Waals surface area contributed by atoms with Crippen molar-refractivity contribution in [1.82, 2.24) is 9.80 Å². The average molecular weight is 414 g/mol. The first-order chi connectivity index (χ1) is 14.2. The maximum Gasteiger partial charge on any atom is 0.226 e. The fourth-order valence-corrected chi connectivity index (χ4v) is 8.53. The minimum absolute atomic E-state index is 0.0859. The molecule has 0 aromatic heterocycles. The molecule has 1 saturated heterocycles. The molecule has 0 radical (unpaired) electrons. The van der Waals surface area contributed by atoms with Crippen LogP contribution in [0.5, 0.6) is 0 Å². The zero-order valence-corrected chi connectivity index (χ0v) is 19.5. The smallest absolute Gasteiger partial charge is 0.226 e. The van der Waals surface area contributed by atoms with Crippen molar-refractivity contribution in [3.63, 3.8) is 0 Å². The van der Waals surface area contributed by atoms with Crippen LogP contribution in [0.3, 0.4) is 0 Å². The molecule has 1 heterocycles. The van der Waals surface area contributed by atoms with Crippen LogP contribution in [0, 0.1) is 51.8 Å². The number of hydrogen-bond acceptors (Lipinski definition) is 3. The quantitative estimate of drug-likeness (QED) is 0.700. The number of hydrogen-bond donors (Lipinski definition) is 0. The molecule has 1 aliphatic heterocycles. The predicted octanol–water partition coefficient (Wildman–Crippen LogP) is 4.08. The molecule has 4 aliphatic rings. The van der Waals surface area contributed by atoms with Gasteiger partial charge in [-0.1, -0.05) is 13.8 Å². The van der Waals surface area contributed by atoms with Gasteiger partial charge in [0.15, 0.2) is 0 Å². The second kappa shape index (κ2) is 7.53. The predicted molar refractivity (Wildman–Crippen MR) is 116 cm³/mol. The number of nitrogens with zero attached hydrogens (tertiary/aromatic N) is 3. The van der Waals surface area contributed by atoms with Crippen LogP contribution >= 0.6 is 0 Å². The highest BCUT2D eigenvalue weighted by atomic mass is 16.2. The van der Waals surface area contributed by atoms with Crippen LogP contribution < -0.4 is 0 Å². The molecule has 0 bridgehead atoms. The van der Waals surface area contributed by atoms with E-state index in [4.69, 9.17) is 0 Å². The summed E-state index contributed by atoms with van der Waals surface area (Å²) in [5, 5.41) is 9.99. The van der Waals surface area contributed by atoms with Gasteiger partial charge in [0.05, 0.1) is 12.0 Å². The van der Waals surface area contributed by atoms with Gasteiger partial charge >= 0.3 is 0 Å². The van der Waals surface area contributed by atoms with Crippen molar-refractivity contribution in [3.05, 3.63) is 0 Å². The van der Waals surface area contributed by atoms with Crippen molar-refractivity contribution in [2.75, 3.05) is 20.1 Å². The molecular formula is C25H39N3O2. The van der Waals surface area contributed by atoms with Crippen molar-refractivity contribution < 1.29 is 9.59 Å². The third kappa shape index (κ3) is 2.78. The monoisotopic (exact) mass is 413 g/mol. The fraction of sp³-hybridized carbons (Fsp3) is 0.880. The van der Waals surface area contributed by atoms with Gasteiger partial charge in [-0.3, -0.25) is 9.59 Å². The van der Waals surface area contributed by atoms with Crippen molar-refractivity contribution in [1.29, 1.82) is 5.26 Å². The van der Waals surface area contributed by atoms with Crippen LogP contribution in [0.2, 0.25) is 0 Å². The van der Waals surface area contributed by atoms with Crippen molar-refractivity contribution >= 4 is 11.8 Å². The summed E-state index contributed by atoms with van der Waals surface area (Å²) in [6.07, 6.45) is 6.82. The Morgan fingerprint density at radius 3 is 2.47 bits per heavy atom. The Morgan fingerprint density at radius 2 is 1.83 bits per heavy atom. The maximum absolute atomic E-state index is 13.3. The Hall–Kier alpha value is -1.57. The van der Waals surface area contributed by atoms with Gasteiger partial charge in [-0.25, -0.2) is 0 Å². The van der Waals surface area contributed by atoms with Gasteiger partial charge in [0.1, 0.15) is 0 Å². The Morgan fingerprint density at radius 1 is 1.13 bits per heavy atom. The highest BCUT2D eigenvalue weighted by Gasteiger charge is 2.64. The summed E-state index contributed by atoms with van der Waals surface area (Å²) in [6.45, 7) is 10.4. The molecule has 0 aromatic carbocycles. The van der Waals surface area contributed by atoms with Gasteiger partial charge in [-0.05, 0) is 75.5 Å². The molecule has 5 nitrogen and oxygen atoms in total. The van der Waals surface area contributed by atoms with Crippen molar-refractivity contribution in [2.45, 2.75) is 78.7 Å². The fourth-order valence-electron chi connectivity index (χ4n) is 8.53. The summed E-state index contributed by atoms with van der Waals surface area (Å²) < 4.78 is 0. The van der Waals surface area contributed by atoms with Crippen molar-refractivity contribution in [3.8, 4) is 6.07 Å². The lowest BCUT2D eigenvalue weighted by atomic mass is 9.45. The number of carbonyl (C=O) groups is 2. The van der Waals surface area contributed by atoms with Crippen LogP contribution in [0.25, 0.3) is 0 Å². The number of nitriles is 1. The molecule has 2 amide bonds. The van der Waals surface area contributed by atoms with E-state index in [1.807, 2.05) is 16.8 Å². The molecule has 8 atom stereocenters. The summed E-state index contributed by atoms with van der Waals surface area (Å²) in [5.74, 6) is 2.10. The van der Waals surface area contributed by atoms with E-state index in [0.29, 0.717) is 30.1 Å². The standard InChI is InChI=1S/C25H39N3O2/c1-6-28(7-2)23(30)20-10-9-18-17-8-11-21-25(4,19(17)12-13-24(18,20)3)16(15-26)14-22(29)27(21)5/h16-21H,6-14H2,1-5H3/t16-,17+,18+,19+,20-,21-,24+,25-/m1/s1. The first kappa shape index (κ1) is 21.7. The second-order valence-corrected chi connectivity index (χ2v) is 10.9. The molecule has 3 saturated carbocycles. The molecule has 5 heteroatoms. The summed E-state index contributed by atoms with van der Waals surface area (Å²) in [7, 11) is 1.94. The zero-order chi connectivity index (χ0) is 21.8. The van der Waals surface area contributed by atoms with E-state index in [1.54, 1.807) is 0 Å². The number of amides is 2. The molecule has 30 heavy (non-hydrogen) atoms. The molecule has 0 aromatic rings. The van der Waals surface area contributed by atoms with Gasteiger partial charge in [0.25, 0.3) is 0 Å². The highest BCUT2D eigenvalue weighted by molar-refractivity contribution is 5.80. The minimum atomic E-state index is -0.183. The summed E-state index contributed by atoms with van der Waals surface area (Å²) in [6, 6.07) is 2.73. The Labute approximate surface area is 182 Å². The first-order valence-electron chi connectivity index (χ1n) is 12.2. The van der Waals surface area contributed by atoms with Crippen LogP contribution in [0.4, 0.5) is 0 Å². The van der Waals surface area contributed by atoms with Gasteiger partial charge in [-0.15, -0.1) is 0 Å². The van der Waals surface area contributed by atoms with E-state index in [-0.39, 0.29) is 34.6 Å². The second-order valence-electron chi connectivity index (χ2n) is 10.9. The molecule has 0 unspecified atom stereocenters. The highest BCUT2D eigenvalue weighted by Crippen LogP contribution is 2.67. The number of piperidine rings is 1. The van der Waals surface area contributed by atoms with Gasteiger partial charge < -0.3 is 9.80 Å². The van der Waals surface area contributed by atoms with Crippen molar-refractivity contribution in [2.24, 2.45) is 40.4 Å². The lowest BCUT2D eigenvalue weighted by molar-refractivity contribution is -0.168.